The first-order chi connectivity index (χ1) is 9.65. The summed E-state index contributed by atoms with van der Waals surface area (Å²) in [6.07, 6.45) is 0. The number of nitrogens with one attached hydrogen (secondary N) is 2. The Balaban J connectivity index is 1.90. The van der Waals surface area contributed by atoms with Crippen LogP contribution in [0.3, 0.4) is 0 Å². The van der Waals surface area contributed by atoms with Crippen molar-refractivity contribution >= 4 is 29.2 Å². The van der Waals surface area contributed by atoms with Crippen LogP contribution in [0.15, 0.2) is 18.2 Å². The number of piperazine rings is 1. The monoisotopic (exact) mass is 311 g/mol. The van der Waals surface area contributed by atoms with Gasteiger partial charge in [-0.15, -0.1) is 5.10 Å². The van der Waals surface area contributed by atoms with Crippen molar-refractivity contribution in [1.29, 1.82) is 0 Å². The van der Waals surface area contributed by atoms with Crippen LogP contribution in [0, 0.1) is 0 Å². The highest BCUT2D eigenvalue weighted by Crippen LogP contribution is 2.32. The first kappa shape index (κ1) is 13.7. The number of halogens is 2. The molecule has 1 aliphatic heterocycles. The summed E-state index contributed by atoms with van der Waals surface area (Å²) in [4.78, 5) is 6.67. The molecule has 106 valence electrons. The van der Waals surface area contributed by atoms with Gasteiger partial charge in [0.15, 0.2) is 5.82 Å². The second-order valence-corrected chi connectivity index (χ2v) is 5.70. The van der Waals surface area contributed by atoms with Crippen molar-refractivity contribution < 1.29 is 0 Å². The molecule has 7 heteroatoms. The van der Waals surface area contributed by atoms with Crippen molar-refractivity contribution in [3.8, 4) is 11.4 Å². The average Bonchev–Trinajstić information content (AvgIpc) is 2.88. The number of nitrogens with zero attached hydrogens (tertiary/aromatic N) is 3. The van der Waals surface area contributed by atoms with Crippen molar-refractivity contribution in [3.63, 3.8) is 0 Å². The molecule has 2 heterocycles. The molecule has 1 unspecified atom stereocenters. The van der Waals surface area contributed by atoms with Crippen LogP contribution in [0.1, 0.15) is 6.92 Å². The first-order valence-corrected chi connectivity index (χ1v) is 7.26. The van der Waals surface area contributed by atoms with E-state index in [0.29, 0.717) is 33.4 Å². The van der Waals surface area contributed by atoms with Gasteiger partial charge in [-0.1, -0.05) is 29.3 Å². The molecule has 3 rings (SSSR count). The maximum Gasteiger partial charge on any atom is 0.245 e. The van der Waals surface area contributed by atoms with Gasteiger partial charge in [-0.2, -0.15) is 4.98 Å². The number of aromatic amines is 1. The fourth-order valence-corrected chi connectivity index (χ4v) is 2.92. The molecule has 2 N–H and O–H groups in total. The van der Waals surface area contributed by atoms with E-state index in [0.717, 1.165) is 19.6 Å². The highest BCUT2D eigenvalue weighted by Gasteiger charge is 2.20. The lowest BCUT2D eigenvalue weighted by Gasteiger charge is -2.30. The summed E-state index contributed by atoms with van der Waals surface area (Å²) in [6.45, 7) is 4.84. The minimum Gasteiger partial charge on any atom is -0.337 e. The van der Waals surface area contributed by atoms with E-state index >= 15 is 0 Å². The molecule has 1 fully saturated rings. The third-order valence-electron chi connectivity index (χ3n) is 3.32. The lowest BCUT2D eigenvalue weighted by Crippen LogP contribution is -2.49. The minimum atomic E-state index is 0.426. The minimum absolute atomic E-state index is 0.426. The Morgan fingerprint density at radius 1 is 1.30 bits per heavy atom. The summed E-state index contributed by atoms with van der Waals surface area (Å²) < 4.78 is 0. The molecule has 1 aromatic carbocycles. The molecule has 5 nitrogen and oxygen atoms in total. The molecular formula is C13H15Cl2N5. The Bertz CT molecular complexity index is 592. The SMILES string of the molecule is CC1CN(c2n[nH]c(-c3c(Cl)cccc3Cl)n2)CCN1. The fourth-order valence-electron chi connectivity index (χ4n) is 2.34. The molecule has 1 atom stereocenters. The normalized spacial score (nSPS) is 19.4. The topological polar surface area (TPSA) is 56.8 Å². The van der Waals surface area contributed by atoms with Gasteiger partial charge in [0.1, 0.15) is 0 Å². The van der Waals surface area contributed by atoms with Crippen LogP contribution in [-0.4, -0.2) is 40.9 Å². The summed E-state index contributed by atoms with van der Waals surface area (Å²) in [5.41, 5.74) is 0.692. The molecule has 0 bridgehead atoms. The summed E-state index contributed by atoms with van der Waals surface area (Å²) >= 11 is 12.4. The Labute approximate surface area is 127 Å². The van der Waals surface area contributed by atoms with Crippen molar-refractivity contribution in [1.82, 2.24) is 20.5 Å². The van der Waals surface area contributed by atoms with E-state index in [-0.39, 0.29) is 0 Å². The predicted molar refractivity (Wildman–Crippen MR) is 81.5 cm³/mol. The smallest absolute Gasteiger partial charge is 0.245 e. The van der Waals surface area contributed by atoms with E-state index in [9.17, 15) is 0 Å². The maximum atomic E-state index is 6.19. The Morgan fingerprint density at radius 3 is 2.75 bits per heavy atom. The second kappa shape index (κ2) is 5.60. The van der Waals surface area contributed by atoms with E-state index in [1.54, 1.807) is 12.1 Å². The predicted octanol–water partition coefficient (Wildman–Crippen LogP) is 2.58. The van der Waals surface area contributed by atoms with Crippen LogP contribution in [0.5, 0.6) is 0 Å². The summed E-state index contributed by atoms with van der Waals surface area (Å²) in [6, 6.07) is 5.81. The van der Waals surface area contributed by atoms with Gasteiger partial charge >= 0.3 is 0 Å². The molecule has 1 saturated heterocycles. The molecule has 0 aliphatic carbocycles. The van der Waals surface area contributed by atoms with E-state index in [4.69, 9.17) is 23.2 Å². The lowest BCUT2D eigenvalue weighted by molar-refractivity contribution is 0.480. The number of anilines is 1. The molecular weight excluding hydrogens is 297 g/mol. The average molecular weight is 312 g/mol. The Morgan fingerprint density at radius 2 is 2.05 bits per heavy atom. The van der Waals surface area contributed by atoms with Crippen LogP contribution < -0.4 is 10.2 Å². The number of H-pyrrole nitrogens is 1. The molecule has 0 saturated carbocycles. The molecule has 20 heavy (non-hydrogen) atoms. The molecule has 0 spiro atoms. The number of hydrogen-bond donors (Lipinski definition) is 2. The molecule has 1 aliphatic rings. The maximum absolute atomic E-state index is 6.19. The van der Waals surface area contributed by atoms with Gasteiger partial charge in [0.05, 0.1) is 15.6 Å². The zero-order valence-corrected chi connectivity index (χ0v) is 12.5. The highest BCUT2D eigenvalue weighted by atomic mass is 35.5. The number of benzene rings is 1. The van der Waals surface area contributed by atoms with E-state index in [1.807, 2.05) is 6.07 Å². The van der Waals surface area contributed by atoms with Crippen LogP contribution in [0.25, 0.3) is 11.4 Å². The summed E-state index contributed by atoms with van der Waals surface area (Å²) in [5, 5.41) is 11.7. The van der Waals surface area contributed by atoms with Gasteiger partial charge in [-0.05, 0) is 19.1 Å². The standard InChI is InChI=1S/C13H15Cl2N5/c1-8-7-20(6-5-16-8)13-17-12(18-19-13)11-9(14)3-2-4-10(11)15/h2-4,8,16H,5-7H2,1H3,(H,17,18,19). The molecule has 1 aromatic heterocycles. The number of aromatic nitrogens is 3. The van der Waals surface area contributed by atoms with Crippen LogP contribution in [0.2, 0.25) is 10.0 Å². The van der Waals surface area contributed by atoms with Crippen LogP contribution in [-0.2, 0) is 0 Å². The van der Waals surface area contributed by atoms with E-state index in [1.165, 1.54) is 0 Å². The first-order valence-electron chi connectivity index (χ1n) is 6.50. The zero-order chi connectivity index (χ0) is 14.1. The van der Waals surface area contributed by atoms with Crippen molar-refractivity contribution in [3.05, 3.63) is 28.2 Å². The van der Waals surface area contributed by atoms with Gasteiger partial charge in [0.25, 0.3) is 0 Å². The third kappa shape index (κ3) is 2.61. The van der Waals surface area contributed by atoms with Crippen molar-refractivity contribution in [2.45, 2.75) is 13.0 Å². The van der Waals surface area contributed by atoms with Gasteiger partial charge in [-0.3, -0.25) is 5.10 Å². The largest absolute Gasteiger partial charge is 0.337 e. The Kier molecular flexibility index (Phi) is 3.83. The molecule has 2 aromatic rings. The van der Waals surface area contributed by atoms with E-state index < -0.39 is 0 Å². The van der Waals surface area contributed by atoms with Crippen LogP contribution in [0.4, 0.5) is 5.95 Å². The van der Waals surface area contributed by atoms with Gasteiger partial charge in [0, 0.05) is 25.7 Å². The van der Waals surface area contributed by atoms with Crippen LogP contribution >= 0.6 is 23.2 Å². The summed E-state index contributed by atoms with van der Waals surface area (Å²) in [5.74, 6) is 1.28. The highest BCUT2D eigenvalue weighted by molar-refractivity contribution is 6.38. The molecule has 0 amide bonds. The second-order valence-electron chi connectivity index (χ2n) is 4.88. The van der Waals surface area contributed by atoms with Crippen molar-refractivity contribution in [2.75, 3.05) is 24.5 Å². The van der Waals surface area contributed by atoms with Gasteiger partial charge < -0.3 is 10.2 Å². The fraction of sp³-hybridized carbons (Fsp3) is 0.385. The van der Waals surface area contributed by atoms with Gasteiger partial charge in [0.2, 0.25) is 5.95 Å². The molecule has 0 radical (unpaired) electrons. The number of rotatable bonds is 2. The van der Waals surface area contributed by atoms with Gasteiger partial charge in [-0.25, -0.2) is 0 Å². The third-order valence-corrected chi connectivity index (χ3v) is 3.95. The lowest BCUT2D eigenvalue weighted by atomic mass is 10.2. The number of hydrogen-bond acceptors (Lipinski definition) is 4. The quantitative estimate of drug-likeness (QED) is 0.895. The van der Waals surface area contributed by atoms with E-state index in [2.05, 4.69) is 32.3 Å². The Hall–Kier alpha value is -1.30. The summed E-state index contributed by atoms with van der Waals surface area (Å²) in [7, 11) is 0. The zero-order valence-electron chi connectivity index (χ0n) is 11.0. The van der Waals surface area contributed by atoms with Crippen molar-refractivity contribution in [2.24, 2.45) is 0 Å².